The molecule has 3 rings (SSSR count). The highest BCUT2D eigenvalue weighted by molar-refractivity contribution is 6.62. The first kappa shape index (κ1) is 17.3. The molecule has 0 spiro atoms. The number of rotatable bonds is 4. The van der Waals surface area contributed by atoms with Crippen molar-refractivity contribution < 1.29 is 14.0 Å². The number of hydrogen-bond donors (Lipinski definition) is 0. The van der Waals surface area contributed by atoms with E-state index in [-0.39, 0.29) is 18.3 Å². The van der Waals surface area contributed by atoms with Gasteiger partial charge in [0, 0.05) is 5.02 Å². The van der Waals surface area contributed by atoms with Gasteiger partial charge in [-0.15, -0.1) is 0 Å². The molecule has 1 aliphatic rings. The molecule has 5 heteroatoms. The summed E-state index contributed by atoms with van der Waals surface area (Å²) in [6.45, 7) is 8.71. The summed E-state index contributed by atoms with van der Waals surface area (Å²) in [5.74, 6) is 0.762. The molecule has 0 aliphatic carbocycles. The van der Waals surface area contributed by atoms with Crippen LogP contribution >= 0.6 is 11.6 Å². The fourth-order valence-corrected chi connectivity index (χ4v) is 2.65. The van der Waals surface area contributed by atoms with E-state index in [0.717, 1.165) is 16.8 Å². The van der Waals surface area contributed by atoms with E-state index in [2.05, 4.69) is 27.7 Å². The zero-order valence-electron chi connectivity index (χ0n) is 14.5. The third-order valence-corrected chi connectivity index (χ3v) is 4.94. The SMILES string of the molecule is CC1(C)OB(c2ccc(COc3cccc(Cl)c3)cc2)OC1(C)C. The Labute approximate surface area is 149 Å². The number of ether oxygens (including phenoxy) is 1. The summed E-state index contributed by atoms with van der Waals surface area (Å²) in [5, 5.41) is 0.670. The second-order valence-corrected chi connectivity index (χ2v) is 7.51. The molecule has 0 radical (unpaired) electrons. The molecule has 2 aromatic carbocycles. The summed E-state index contributed by atoms with van der Waals surface area (Å²) < 4.78 is 17.9. The Morgan fingerprint density at radius 1 is 0.958 bits per heavy atom. The fourth-order valence-electron chi connectivity index (χ4n) is 2.47. The van der Waals surface area contributed by atoms with Crippen molar-refractivity contribution in [2.45, 2.75) is 45.5 Å². The van der Waals surface area contributed by atoms with Gasteiger partial charge in [0.25, 0.3) is 0 Å². The minimum atomic E-state index is -0.335. The largest absolute Gasteiger partial charge is 0.494 e. The van der Waals surface area contributed by atoms with E-state index in [1.54, 1.807) is 6.07 Å². The van der Waals surface area contributed by atoms with Gasteiger partial charge in [0.05, 0.1) is 11.2 Å². The van der Waals surface area contributed by atoms with Crippen molar-refractivity contribution in [3.63, 3.8) is 0 Å². The lowest BCUT2D eigenvalue weighted by atomic mass is 9.79. The van der Waals surface area contributed by atoms with E-state index in [1.807, 2.05) is 42.5 Å². The normalized spacial score (nSPS) is 18.6. The first-order chi connectivity index (χ1) is 11.3. The van der Waals surface area contributed by atoms with Crippen molar-refractivity contribution in [1.82, 2.24) is 0 Å². The molecule has 0 N–H and O–H groups in total. The van der Waals surface area contributed by atoms with E-state index in [9.17, 15) is 0 Å². The summed E-state index contributed by atoms with van der Waals surface area (Å²) >= 11 is 5.96. The summed E-state index contributed by atoms with van der Waals surface area (Å²) in [6.07, 6.45) is 0. The van der Waals surface area contributed by atoms with Gasteiger partial charge in [-0.25, -0.2) is 0 Å². The molecular formula is C19H22BClO3. The van der Waals surface area contributed by atoms with Gasteiger partial charge >= 0.3 is 7.12 Å². The predicted molar refractivity (Wildman–Crippen MR) is 97.9 cm³/mol. The maximum absolute atomic E-state index is 6.06. The lowest BCUT2D eigenvalue weighted by Gasteiger charge is -2.32. The number of benzene rings is 2. The van der Waals surface area contributed by atoms with Crippen molar-refractivity contribution in [3.05, 3.63) is 59.1 Å². The van der Waals surface area contributed by atoms with Gasteiger partial charge in [0.15, 0.2) is 0 Å². The maximum atomic E-state index is 6.06. The van der Waals surface area contributed by atoms with Crippen LogP contribution in [0.1, 0.15) is 33.3 Å². The third-order valence-electron chi connectivity index (χ3n) is 4.71. The van der Waals surface area contributed by atoms with Crippen LogP contribution in [0.25, 0.3) is 0 Å². The second kappa shape index (κ2) is 6.43. The molecule has 0 unspecified atom stereocenters. The highest BCUT2D eigenvalue weighted by atomic mass is 35.5. The number of hydrogen-bond acceptors (Lipinski definition) is 3. The molecule has 1 fully saturated rings. The van der Waals surface area contributed by atoms with Crippen LogP contribution in [0.5, 0.6) is 5.75 Å². The van der Waals surface area contributed by atoms with Gasteiger partial charge < -0.3 is 14.0 Å². The van der Waals surface area contributed by atoms with E-state index in [4.69, 9.17) is 25.6 Å². The molecule has 1 saturated heterocycles. The minimum Gasteiger partial charge on any atom is -0.489 e. The Morgan fingerprint density at radius 3 is 2.17 bits per heavy atom. The third kappa shape index (κ3) is 3.61. The summed E-state index contributed by atoms with van der Waals surface area (Å²) in [4.78, 5) is 0. The van der Waals surface area contributed by atoms with E-state index >= 15 is 0 Å². The van der Waals surface area contributed by atoms with Crippen LogP contribution in [0.4, 0.5) is 0 Å². The Kier molecular flexibility index (Phi) is 4.65. The van der Waals surface area contributed by atoms with Gasteiger partial charge in [-0.3, -0.25) is 0 Å². The molecular weight excluding hydrogens is 322 g/mol. The lowest BCUT2D eigenvalue weighted by molar-refractivity contribution is 0.00578. The molecule has 0 atom stereocenters. The molecule has 126 valence electrons. The van der Waals surface area contributed by atoms with E-state index in [0.29, 0.717) is 11.6 Å². The molecule has 3 nitrogen and oxygen atoms in total. The standard InChI is InChI=1S/C19H22BClO3/c1-18(2)19(3,4)24-20(23-18)15-10-8-14(9-11-15)13-22-17-7-5-6-16(21)12-17/h5-12H,13H2,1-4H3. The van der Waals surface area contributed by atoms with Gasteiger partial charge in [-0.05, 0) is 56.9 Å². The average Bonchev–Trinajstić information content (AvgIpc) is 2.74. The van der Waals surface area contributed by atoms with E-state index < -0.39 is 0 Å². The Morgan fingerprint density at radius 2 is 1.58 bits per heavy atom. The monoisotopic (exact) mass is 344 g/mol. The van der Waals surface area contributed by atoms with Crippen molar-refractivity contribution in [2.24, 2.45) is 0 Å². The van der Waals surface area contributed by atoms with Gasteiger partial charge in [-0.1, -0.05) is 41.9 Å². The molecule has 0 bridgehead atoms. The molecule has 1 heterocycles. The zero-order valence-corrected chi connectivity index (χ0v) is 15.3. The van der Waals surface area contributed by atoms with Crippen LogP contribution < -0.4 is 10.2 Å². The van der Waals surface area contributed by atoms with Gasteiger partial charge in [-0.2, -0.15) is 0 Å². The van der Waals surface area contributed by atoms with Gasteiger partial charge in [0.2, 0.25) is 0 Å². The molecule has 1 aliphatic heterocycles. The second-order valence-electron chi connectivity index (χ2n) is 7.08. The highest BCUT2D eigenvalue weighted by Gasteiger charge is 2.51. The Bertz CT molecular complexity index is 697. The van der Waals surface area contributed by atoms with E-state index in [1.165, 1.54) is 0 Å². The van der Waals surface area contributed by atoms with Crippen LogP contribution in [0.2, 0.25) is 5.02 Å². The molecule has 2 aromatic rings. The van der Waals surface area contributed by atoms with Crippen LogP contribution in [0, 0.1) is 0 Å². The van der Waals surface area contributed by atoms with Crippen molar-refractivity contribution in [1.29, 1.82) is 0 Å². The Balaban J connectivity index is 1.64. The van der Waals surface area contributed by atoms with Crippen molar-refractivity contribution >= 4 is 24.2 Å². The van der Waals surface area contributed by atoms with Crippen LogP contribution in [-0.4, -0.2) is 18.3 Å². The smallest absolute Gasteiger partial charge is 0.489 e. The number of halogens is 1. The summed E-state index contributed by atoms with van der Waals surface area (Å²) in [5.41, 5.74) is 1.44. The predicted octanol–water partition coefficient (Wildman–Crippen LogP) is 4.22. The van der Waals surface area contributed by atoms with Crippen LogP contribution in [0.15, 0.2) is 48.5 Å². The molecule has 0 saturated carbocycles. The molecule has 0 amide bonds. The molecule has 0 aromatic heterocycles. The maximum Gasteiger partial charge on any atom is 0.494 e. The Hall–Kier alpha value is -1.49. The first-order valence-corrected chi connectivity index (χ1v) is 8.47. The summed E-state index contributed by atoms with van der Waals surface area (Å²) in [7, 11) is -0.335. The summed E-state index contributed by atoms with van der Waals surface area (Å²) in [6, 6.07) is 15.5. The van der Waals surface area contributed by atoms with Crippen LogP contribution in [0.3, 0.4) is 0 Å². The van der Waals surface area contributed by atoms with Gasteiger partial charge in [0.1, 0.15) is 12.4 Å². The topological polar surface area (TPSA) is 27.7 Å². The lowest BCUT2D eigenvalue weighted by Crippen LogP contribution is -2.41. The average molecular weight is 345 g/mol. The fraction of sp³-hybridized carbons (Fsp3) is 0.368. The highest BCUT2D eigenvalue weighted by Crippen LogP contribution is 2.36. The van der Waals surface area contributed by atoms with Crippen molar-refractivity contribution in [3.8, 4) is 5.75 Å². The van der Waals surface area contributed by atoms with Crippen molar-refractivity contribution in [2.75, 3.05) is 0 Å². The molecule has 24 heavy (non-hydrogen) atoms. The zero-order chi connectivity index (χ0) is 17.4. The first-order valence-electron chi connectivity index (χ1n) is 8.10. The minimum absolute atomic E-state index is 0.327. The quantitative estimate of drug-likeness (QED) is 0.777. The van der Waals surface area contributed by atoms with Crippen LogP contribution in [-0.2, 0) is 15.9 Å².